The maximum atomic E-state index is 12.3. The highest BCUT2D eigenvalue weighted by atomic mass is 79.9. The first kappa shape index (κ1) is 18.9. The Bertz CT molecular complexity index is 775. The van der Waals surface area contributed by atoms with E-state index < -0.39 is 16.9 Å². The van der Waals surface area contributed by atoms with Gasteiger partial charge < -0.3 is 19.1 Å². The number of carbonyl (C=O) groups excluding carboxylic acids is 2. The number of halogens is 1. The minimum Gasteiger partial charge on any atom is -0.466 e. The van der Waals surface area contributed by atoms with Crippen molar-refractivity contribution in [3.63, 3.8) is 0 Å². The van der Waals surface area contributed by atoms with E-state index in [0.717, 1.165) is 14.2 Å². The lowest BCUT2D eigenvalue weighted by molar-refractivity contribution is -0.384. The molecule has 0 unspecified atom stereocenters. The Hall–Kier alpha value is -2.46. The van der Waals surface area contributed by atoms with Crippen LogP contribution in [0.5, 0.6) is 0 Å². The third kappa shape index (κ3) is 3.64. The van der Waals surface area contributed by atoms with E-state index in [1.165, 1.54) is 11.0 Å². The topological polar surface area (TPSA) is 108 Å². The molecule has 0 aliphatic carbocycles. The fourth-order valence-corrected chi connectivity index (χ4v) is 3.09. The SMILES string of the molecule is COC(=O)C1=C(C(=O)OC)N(c2c(C)cc(Br)cc2[N+](=O)[O-])COC1. The van der Waals surface area contributed by atoms with Gasteiger partial charge in [0, 0.05) is 10.5 Å². The van der Waals surface area contributed by atoms with Gasteiger partial charge in [0.05, 0.1) is 31.3 Å². The summed E-state index contributed by atoms with van der Waals surface area (Å²) in [6.07, 6.45) is 0. The van der Waals surface area contributed by atoms with Crippen LogP contribution in [0.3, 0.4) is 0 Å². The van der Waals surface area contributed by atoms with Gasteiger partial charge in [-0.25, -0.2) is 9.59 Å². The lowest BCUT2D eigenvalue weighted by atomic mass is 10.1. The molecule has 9 nitrogen and oxygen atoms in total. The van der Waals surface area contributed by atoms with E-state index in [1.807, 2.05) is 0 Å². The molecule has 0 bridgehead atoms. The van der Waals surface area contributed by atoms with Crippen LogP contribution in [0.1, 0.15) is 5.56 Å². The van der Waals surface area contributed by atoms with Gasteiger partial charge in [-0.15, -0.1) is 0 Å². The van der Waals surface area contributed by atoms with E-state index in [-0.39, 0.29) is 36.0 Å². The van der Waals surface area contributed by atoms with Crippen LogP contribution in [0, 0.1) is 17.0 Å². The molecule has 10 heteroatoms. The number of carbonyl (C=O) groups is 2. The van der Waals surface area contributed by atoms with Crippen LogP contribution in [0.25, 0.3) is 0 Å². The molecule has 0 amide bonds. The highest BCUT2D eigenvalue weighted by Crippen LogP contribution is 2.38. The molecule has 1 heterocycles. The van der Waals surface area contributed by atoms with Gasteiger partial charge in [0.1, 0.15) is 18.1 Å². The van der Waals surface area contributed by atoms with Crippen molar-refractivity contribution in [2.45, 2.75) is 6.92 Å². The summed E-state index contributed by atoms with van der Waals surface area (Å²) in [4.78, 5) is 36.4. The molecule has 1 aromatic carbocycles. The van der Waals surface area contributed by atoms with Crippen LogP contribution in [0.2, 0.25) is 0 Å². The molecular formula is C15H15BrN2O7. The van der Waals surface area contributed by atoms with E-state index >= 15 is 0 Å². The number of anilines is 1. The monoisotopic (exact) mass is 414 g/mol. The van der Waals surface area contributed by atoms with Crippen molar-refractivity contribution in [1.29, 1.82) is 0 Å². The Balaban J connectivity index is 2.74. The Morgan fingerprint density at radius 1 is 1.28 bits per heavy atom. The molecule has 1 aliphatic heterocycles. The predicted molar refractivity (Wildman–Crippen MR) is 89.9 cm³/mol. The zero-order chi connectivity index (χ0) is 18.7. The van der Waals surface area contributed by atoms with Gasteiger partial charge in [-0.1, -0.05) is 15.9 Å². The molecule has 0 radical (unpaired) electrons. The molecule has 2 rings (SSSR count). The van der Waals surface area contributed by atoms with Crippen molar-refractivity contribution in [3.05, 3.63) is 43.6 Å². The summed E-state index contributed by atoms with van der Waals surface area (Å²) in [6.45, 7) is 1.32. The van der Waals surface area contributed by atoms with Gasteiger partial charge >= 0.3 is 11.9 Å². The number of aryl methyl sites for hydroxylation is 1. The second-order valence-electron chi connectivity index (χ2n) is 5.06. The summed E-state index contributed by atoms with van der Waals surface area (Å²) in [6, 6.07) is 2.97. The Labute approximate surface area is 151 Å². The average molecular weight is 415 g/mol. The highest BCUT2D eigenvalue weighted by Gasteiger charge is 2.36. The third-order valence-electron chi connectivity index (χ3n) is 3.54. The fraction of sp³-hybridized carbons (Fsp3) is 0.333. The predicted octanol–water partition coefficient (Wildman–Crippen LogP) is 2.06. The average Bonchev–Trinajstić information content (AvgIpc) is 2.59. The van der Waals surface area contributed by atoms with Gasteiger partial charge in [0.15, 0.2) is 0 Å². The van der Waals surface area contributed by atoms with Crippen molar-refractivity contribution >= 4 is 39.2 Å². The maximum Gasteiger partial charge on any atom is 0.355 e. The minimum absolute atomic E-state index is 0.0720. The summed E-state index contributed by atoms with van der Waals surface area (Å²) in [5, 5.41) is 11.5. The van der Waals surface area contributed by atoms with Crippen molar-refractivity contribution in [3.8, 4) is 0 Å². The van der Waals surface area contributed by atoms with E-state index in [4.69, 9.17) is 9.47 Å². The van der Waals surface area contributed by atoms with E-state index in [0.29, 0.717) is 10.0 Å². The summed E-state index contributed by atoms with van der Waals surface area (Å²) < 4.78 is 15.3. The number of hydrogen-bond donors (Lipinski definition) is 0. The van der Waals surface area contributed by atoms with Crippen LogP contribution < -0.4 is 4.90 Å². The van der Waals surface area contributed by atoms with E-state index in [9.17, 15) is 19.7 Å². The number of methoxy groups -OCH3 is 2. The summed E-state index contributed by atoms with van der Waals surface area (Å²) in [7, 11) is 2.32. The van der Waals surface area contributed by atoms with E-state index in [2.05, 4.69) is 20.7 Å². The van der Waals surface area contributed by atoms with E-state index in [1.54, 1.807) is 13.0 Å². The van der Waals surface area contributed by atoms with Crippen LogP contribution in [0.4, 0.5) is 11.4 Å². The smallest absolute Gasteiger partial charge is 0.355 e. The number of nitro groups is 1. The van der Waals surface area contributed by atoms with Crippen LogP contribution in [-0.4, -0.2) is 44.4 Å². The minimum atomic E-state index is -0.819. The molecule has 25 heavy (non-hydrogen) atoms. The first-order valence-corrected chi connectivity index (χ1v) is 7.80. The normalized spacial score (nSPS) is 14.3. The highest BCUT2D eigenvalue weighted by molar-refractivity contribution is 9.10. The number of hydrogen-bond acceptors (Lipinski definition) is 8. The van der Waals surface area contributed by atoms with Gasteiger partial charge in [0.25, 0.3) is 5.69 Å². The summed E-state index contributed by atoms with van der Waals surface area (Å²) >= 11 is 3.21. The van der Waals surface area contributed by atoms with Gasteiger partial charge in [0.2, 0.25) is 0 Å². The second-order valence-corrected chi connectivity index (χ2v) is 5.98. The number of ether oxygens (including phenoxy) is 3. The molecule has 0 fully saturated rings. The van der Waals surface area contributed by atoms with Crippen LogP contribution in [0.15, 0.2) is 27.9 Å². The molecule has 134 valence electrons. The Kier molecular flexibility index (Phi) is 5.75. The van der Waals surface area contributed by atoms with Crippen LogP contribution >= 0.6 is 15.9 Å². The van der Waals surface area contributed by atoms with Gasteiger partial charge in [-0.3, -0.25) is 10.1 Å². The largest absolute Gasteiger partial charge is 0.466 e. The Morgan fingerprint density at radius 3 is 2.48 bits per heavy atom. The quantitative estimate of drug-likeness (QED) is 0.418. The lowest BCUT2D eigenvalue weighted by Gasteiger charge is -2.31. The van der Waals surface area contributed by atoms with Crippen molar-refractivity contribution in [2.75, 3.05) is 32.5 Å². The first-order valence-electron chi connectivity index (χ1n) is 7.01. The standard InChI is InChI=1S/C15H15BrN2O7/c1-8-4-9(16)5-11(18(21)22)12(8)17-7-25-6-10(14(19)23-2)13(17)15(20)24-3/h4-5H,6-7H2,1-3H3. The molecule has 1 aliphatic rings. The number of benzene rings is 1. The number of rotatable bonds is 4. The lowest BCUT2D eigenvalue weighted by Crippen LogP contribution is -2.39. The second kappa shape index (κ2) is 7.62. The van der Waals surface area contributed by atoms with Gasteiger partial charge in [-0.05, 0) is 18.6 Å². The third-order valence-corrected chi connectivity index (χ3v) is 4.00. The molecule has 0 atom stereocenters. The van der Waals surface area contributed by atoms with Crippen LogP contribution in [-0.2, 0) is 23.8 Å². The zero-order valence-electron chi connectivity index (χ0n) is 13.7. The maximum absolute atomic E-state index is 12.3. The Morgan fingerprint density at radius 2 is 1.92 bits per heavy atom. The van der Waals surface area contributed by atoms with Crippen molar-refractivity contribution in [1.82, 2.24) is 0 Å². The van der Waals surface area contributed by atoms with Crippen molar-refractivity contribution in [2.24, 2.45) is 0 Å². The summed E-state index contributed by atoms with van der Waals surface area (Å²) in [5.74, 6) is -1.59. The fourth-order valence-electron chi connectivity index (χ4n) is 2.53. The molecule has 0 spiro atoms. The number of nitrogens with zero attached hydrogens (tertiary/aromatic N) is 2. The molecule has 1 aromatic rings. The molecule has 0 N–H and O–H groups in total. The molecule has 0 saturated heterocycles. The zero-order valence-corrected chi connectivity index (χ0v) is 15.3. The molecular weight excluding hydrogens is 400 g/mol. The van der Waals surface area contributed by atoms with Gasteiger partial charge in [-0.2, -0.15) is 0 Å². The molecule has 0 saturated carbocycles. The van der Waals surface area contributed by atoms with Crippen molar-refractivity contribution < 1.29 is 28.7 Å². The summed E-state index contributed by atoms with van der Waals surface area (Å²) in [5.41, 5.74) is 0.182. The number of nitro benzene ring substituents is 1. The number of esters is 2. The molecule has 0 aromatic heterocycles. The first-order chi connectivity index (χ1) is 11.8.